The summed E-state index contributed by atoms with van der Waals surface area (Å²) in [5.41, 5.74) is 0. The first-order valence-corrected chi connectivity index (χ1v) is 1.48. The molecule has 0 aromatic carbocycles. The number of hydrogen-bond acceptors (Lipinski definition) is 0. The van der Waals surface area contributed by atoms with Crippen molar-refractivity contribution >= 4 is 14.3 Å². The summed E-state index contributed by atoms with van der Waals surface area (Å²) >= 11 is 0. The first-order valence-electron chi connectivity index (χ1n) is 1.48. The second-order valence-corrected chi connectivity index (χ2v) is 0.900. The molecule has 0 bridgehead atoms. The van der Waals surface area contributed by atoms with Crippen LogP contribution in [0.15, 0.2) is 0 Å². The third-order valence-electron chi connectivity index (χ3n) is 0.544. The topological polar surface area (TPSA) is 0 Å². The molecule has 1 saturated heterocycles. The van der Waals surface area contributed by atoms with Crippen LogP contribution in [0.4, 0.5) is 0 Å². The van der Waals surface area contributed by atoms with Crippen molar-refractivity contribution in [1.29, 1.82) is 0 Å². The molecule has 1 rings (SSSR count). The van der Waals surface area contributed by atoms with Crippen LogP contribution in [0.2, 0.25) is 6.32 Å². The van der Waals surface area contributed by atoms with Gasteiger partial charge in [0.1, 0.15) is 0 Å². The van der Waals surface area contributed by atoms with Crippen LogP contribution in [0.1, 0.15) is 0 Å². The van der Waals surface area contributed by atoms with Crippen molar-refractivity contribution in [3.63, 3.8) is 0 Å². The molecule has 1 aliphatic rings. The first-order chi connectivity index (χ1) is 2.00. The second kappa shape index (κ2) is 3.05. The summed E-state index contributed by atoms with van der Waals surface area (Å²) in [6, 6.07) is 0. The van der Waals surface area contributed by atoms with Crippen molar-refractivity contribution in [3.8, 4) is 0 Å². The molecule has 5 heavy (non-hydrogen) atoms. The van der Waals surface area contributed by atoms with Crippen molar-refractivity contribution < 1.29 is 21.7 Å². The minimum Gasteiger partial charge on any atom is -0.373 e. The minimum absolute atomic E-state index is 0. The normalized spacial score (nSPS) is 16.0. The first kappa shape index (κ1) is 5.84. The van der Waals surface area contributed by atoms with Crippen molar-refractivity contribution in [3.05, 3.63) is 6.32 Å². The van der Waals surface area contributed by atoms with Gasteiger partial charge >= 0.3 is 0 Å². The largest absolute Gasteiger partial charge is 0.373 e. The van der Waals surface area contributed by atoms with E-state index in [1.807, 2.05) is 0 Å². The molecule has 22 valence electrons. The van der Waals surface area contributed by atoms with E-state index in [0.29, 0.717) is 0 Å². The maximum atomic E-state index is 2.12. The molecule has 0 aromatic heterocycles. The zero-order chi connectivity index (χ0) is 2.83. The van der Waals surface area contributed by atoms with E-state index < -0.39 is 0 Å². The van der Waals surface area contributed by atoms with E-state index in [0.717, 1.165) is 0 Å². The van der Waals surface area contributed by atoms with Gasteiger partial charge in [0.05, 0.1) is 0 Å². The van der Waals surface area contributed by atoms with Crippen LogP contribution in [0.25, 0.3) is 0 Å². The van der Waals surface area contributed by atoms with Gasteiger partial charge in [0.2, 0.25) is 0 Å². The van der Waals surface area contributed by atoms with Gasteiger partial charge in [0.25, 0.3) is 0 Å². The second-order valence-electron chi connectivity index (χ2n) is 0.900. The average molecular weight is 96.5 g/mol. The SMILES string of the molecule is [B]1[B]C[CH-]1.[Ti]. The monoisotopic (exact) mass is 97.0 g/mol. The van der Waals surface area contributed by atoms with E-state index in [1.165, 1.54) is 6.32 Å². The Hall–Kier alpha value is 0.844. The fourth-order valence-electron chi connectivity index (χ4n) is 0.136. The Bertz CT molecular complexity index is 15.6. The Morgan fingerprint density at radius 1 is 1.60 bits per heavy atom. The van der Waals surface area contributed by atoms with E-state index in [4.69, 9.17) is 0 Å². The summed E-state index contributed by atoms with van der Waals surface area (Å²) in [5.74, 6) is 0. The molecule has 1 fully saturated rings. The molecule has 0 nitrogen and oxygen atoms in total. The number of rotatable bonds is 0. The van der Waals surface area contributed by atoms with E-state index in [-0.39, 0.29) is 21.7 Å². The minimum atomic E-state index is 0. The molecule has 2 radical (unpaired) electrons. The van der Waals surface area contributed by atoms with Crippen LogP contribution in [0.3, 0.4) is 0 Å². The molecule has 0 amide bonds. The number of hydrogen-bond donors (Lipinski definition) is 0. The van der Waals surface area contributed by atoms with Gasteiger partial charge in [-0.05, 0) is 7.17 Å². The molecule has 0 unspecified atom stereocenters. The van der Waals surface area contributed by atoms with Crippen LogP contribution in [-0.2, 0) is 21.7 Å². The Balaban J connectivity index is 0.000000160. The van der Waals surface area contributed by atoms with E-state index in [2.05, 4.69) is 20.7 Å². The van der Waals surface area contributed by atoms with Crippen LogP contribution in [0.5, 0.6) is 0 Å². The quantitative estimate of drug-likeness (QED) is 0.292. The van der Waals surface area contributed by atoms with Gasteiger partial charge in [-0.15, -0.1) is 7.17 Å². The van der Waals surface area contributed by atoms with Gasteiger partial charge in [-0.2, -0.15) is 0 Å². The standard InChI is InChI=1S/C2H3B2.Ti/c1-2-4-3-1;/h1H,2H2;/q-1;. The molecular weight excluding hydrogens is 93.5 g/mol. The summed E-state index contributed by atoms with van der Waals surface area (Å²) in [7, 11) is 4.18. The molecule has 0 aliphatic carbocycles. The van der Waals surface area contributed by atoms with Crippen LogP contribution < -0.4 is 0 Å². The maximum Gasteiger partial charge on any atom is 0 e. The molecule has 0 N–H and O–H groups in total. The Kier molecular flexibility index (Phi) is 3.57. The molecule has 0 saturated carbocycles. The van der Waals surface area contributed by atoms with Crippen molar-refractivity contribution in [2.45, 2.75) is 6.32 Å². The van der Waals surface area contributed by atoms with Crippen LogP contribution in [-0.4, -0.2) is 14.3 Å². The molecule has 0 aromatic rings. The predicted octanol–water partition coefficient (Wildman–Crippen LogP) is -0.0990. The van der Waals surface area contributed by atoms with Gasteiger partial charge < -0.3 is 6.32 Å². The predicted molar refractivity (Wildman–Crippen MR) is 20.6 cm³/mol. The van der Waals surface area contributed by atoms with Crippen molar-refractivity contribution in [1.82, 2.24) is 0 Å². The average Bonchev–Trinajstić information content (AvgIpc) is 0.722. The van der Waals surface area contributed by atoms with Crippen LogP contribution >= 0.6 is 0 Å². The molecule has 1 aliphatic heterocycles. The fourth-order valence-corrected chi connectivity index (χ4v) is 0.136. The van der Waals surface area contributed by atoms with E-state index in [1.54, 1.807) is 0 Å². The van der Waals surface area contributed by atoms with E-state index in [9.17, 15) is 0 Å². The van der Waals surface area contributed by atoms with E-state index >= 15 is 0 Å². The smallest absolute Gasteiger partial charge is 0 e. The zero-order valence-electron chi connectivity index (χ0n) is 2.94. The molecule has 0 atom stereocenters. The van der Waals surface area contributed by atoms with Crippen LogP contribution in [0, 0.1) is 6.32 Å². The summed E-state index contributed by atoms with van der Waals surface area (Å²) in [5, 5.41) is 0. The van der Waals surface area contributed by atoms with Gasteiger partial charge in [-0.1, -0.05) is 0 Å². The molecular formula is C2H3B2Ti-. The van der Waals surface area contributed by atoms with Gasteiger partial charge in [0.15, 0.2) is 0 Å². The third kappa shape index (κ3) is 1.67. The third-order valence-corrected chi connectivity index (χ3v) is 0.544. The molecule has 1 heterocycles. The molecule has 0 spiro atoms. The summed E-state index contributed by atoms with van der Waals surface area (Å²) < 4.78 is 0. The summed E-state index contributed by atoms with van der Waals surface area (Å²) in [6.07, 6.45) is 3.32. The summed E-state index contributed by atoms with van der Waals surface area (Å²) in [4.78, 5) is 0. The Morgan fingerprint density at radius 3 is 1.80 bits per heavy atom. The van der Waals surface area contributed by atoms with Gasteiger partial charge in [-0.25, -0.2) is 6.32 Å². The Labute approximate surface area is 49.1 Å². The fraction of sp³-hybridized carbons (Fsp3) is 0.500. The maximum absolute atomic E-state index is 2.12. The van der Waals surface area contributed by atoms with Gasteiger partial charge in [-0.3, -0.25) is 0 Å². The zero-order valence-corrected chi connectivity index (χ0v) is 4.50. The van der Waals surface area contributed by atoms with Crippen molar-refractivity contribution in [2.75, 3.05) is 0 Å². The molecule has 3 heteroatoms. The van der Waals surface area contributed by atoms with Gasteiger partial charge in [0, 0.05) is 21.7 Å². The Morgan fingerprint density at radius 2 is 1.80 bits per heavy atom. The van der Waals surface area contributed by atoms with Crippen molar-refractivity contribution in [2.24, 2.45) is 0 Å². The summed E-state index contributed by atoms with van der Waals surface area (Å²) in [6.45, 7) is 0.